The van der Waals surface area contributed by atoms with E-state index in [1.54, 1.807) is 13.0 Å². The Morgan fingerprint density at radius 2 is 1.59 bits per heavy atom. The summed E-state index contributed by atoms with van der Waals surface area (Å²) < 4.78 is 5.20. The van der Waals surface area contributed by atoms with Gasteiger partial charge in [-0.15, -0.1) is 0 Å². The van der Waals surface area contributed by atoms with Crippen molar-refractivity contribution in [2.45, 2.75) is 63.5 Å². The van der Waals surface area contributed by atoms with E-state index >= 15 is 0 Å². The van der Waals surface area contributed by atoms with E-state index in [0.29, 0.717) is 29.1 Å². The van der Waals surface area contributed by atoms with E-state index in [-0.39, 0.29) is 22.9 Å². The third-order valence-electron chi connectivity index (χ3n) is 6.79. The fourth-order valence-corrected chi connectivity index (χ4v) is 6.30. The number of carbonyl (C=O) groups excluding carboxylic acids is 2. The first kappa shape index (κ1) is 18.3. The van der Waals surface area contributed by atoms with E-state index in [1.807, 2.05) is 19.1 Å². The zero-order valence-corrected chi connectivity index (χ0v) is 16.8. The smallest absolute Gasteiger partial charge is 0.273 e. The summed E-state index contributed by atoms with van der Waals surface area (Å²) >= 11 is 0. The van der Waals surface area contributed by atoms with Gasteiger partial charge in [0.15, 0.2) is 11.6 Å². The molecule has 2 atom stereocenters. The minimum Gasteiger partial charge on any atom is -0.448 e. The van der Waals surface area contributed by atoms with Crippen LogP contribution >= 0.6 is 0 Å². The number of aromatic nitrogens is 2. The van der Waals surface area contributed by atoms with E-state index in [2.05, 4.69) is 20.6 Å². The summed E-state index contributed by atoms with van der Waals surface area (Å²) in [5.41, 5.74) is 1.04. The van der Waals surface area contributed by atoms with Gasteiger partial charge in [0, 0.05) is 23.7 Å². The monoisotopic (exact) mass is 394 g/mol. The van der Waals surface area contributed by atoms with Crippen LogP contribution in [0.4, 0.5) is 0 Å². The Balaban J connectivity index is 1.38. The SMILES string of the molecule is Cc1cccc(C(=O)NC23CC4CC(C2)CC(NC(=O)c2coc(C)n2)(C4)C3)n1. The molecule has 2 amide bonds. The zero-order valence-electron chi connectivity index (χ0n) is 16.8. The molecule has 29 heavy (non-hydrogen) atoms. The van der Waals surface area contributed by atoms with Crippen LogP contribution in [0.3, 0.4) is 0 Å². The van der Waals surface area contributed by atoms with Crippen LogP contribution in [-0.2, 0) is 0 Å². The zero-order chi connectivity index (χ0) is 20.2. The fraction of sp³-hybridized carbons (Fsp3) is 0.545. The van der Waals surface area contributed by atoms with Crippen LogP contribution in [-0.4, -0.2) is 32.9 Å². The summed E-state index contributed by atoms with van der Waals surface area (Å²) in [6.07, 6.45) is 7.22. The largest absolute Gasteiger partial charge is 0.448 e. The Morgan fingerprint density at radius 1 is 0.966 bits per heavy atom. The third-order valence-corrected chi connectivity index (χ3v) is 6.79. The molecule has 0 aliphatic heterocycles. The molecular formula is C22H26N4O3. The lowest BCUT2D eigenvalue weighted by Crippen LogP contribution is -2.69. The van der Waals surface area contributed by atoms with Crippen LogP contribution < -0.4 is 10.6 Å². The molecule has 6 rings (SSSR count). The van der Waals surface area contributed by atoms with Crippen LogP contribution in [0.1, 0.15) is 71.1 Å². The molecule has 2 heterocycles. The van der Waals surface area contributed by atoms with Gasteiger partial charge < -0.3 is 15.1 Å². The average molecular weight is 394 g/mol. The average Bonchev–Trinajstić information content (AvgIpc) is 3.06. The van der Waals surface area contributed by atoms with E-state index in [4.69, 9.17) is 4.42 Å². The summed E-state index contributed by atoms with van der Waals surface area (Å²) in [5.74, 6) is 1.20. The predicted octanol–water partition coefficient (Wildman–Crippen LogP) is 2.94. The summed E-state index contributed by atoms with van der Waals surface area (Å²) in [6.45, 7) is 3.61. The molecule has 4 aliphatic rings. The van der Waals surface area contributed by atoms with Gasteiger partial charge in [-0.3, -0.25) is 9.59 Å². The highest BCUT2D eigenvalue weighted by Crippen LogP contribution is 2.57. The molecule has 0 saturated heterocycles. The van der Waals surface area contributed by atoms with E-state index in [0.717, 1.165) is 37.8 Å². The number of hydrogen-bond donors (Lipinski definition) is 2. The maximum atomic E-state index is 12.9. The van der Waals surface area contributed by atoms with Gasteiger partial charge in [0.1, 0.15) is 12.0 Å². The number of hydrogen-bond acceptors (Lipinski definition) is 5. The predicted molar refractivity (Wildman–Crippen MR) is 105 cm³/mol. The molecule has 2 unspecified atom stereocenters. The van der Waals surface area contributed by atoms with Crippen LogP contribution in [0.15, 0.2) is 28.9 Å². The number of carbonyl (C=O) groups is 2. The molecule has 7 nitrogen and oxygen atoms in total. The highest BCUT2D eigenvalue weighted by atomic mass is 16.3. The topological polar surface area (TPSA) is 97.1 Å². The van der Waals surface area contributed by atoms with Crippen molar-refractivity contribution in [3.05, 3.63) is 47.4 Å². The molecular weight excluding hydrogens is 368 g/mol. The third kappa shape index (κ3) is 3.32. The van der Waals surface area contributed by atoms with Crippen molar-refractivity contribution in [2.24, 2.45) is 11.8 Å². The summed E-state index contributed by atoms with van der Waals surface area (Å²) in [4.78, 5) is 34.3. The molecule has 2 aromatic heterocycles. The first-order chi connectivity index (χ1) is 13.8. The first-order valence-corrected chi connectivity index (χ1v) is 10.3. The molecule has 0 radical (unpaired) electrons. The van der Waals surface area contributed by atoms with Gasteiger partial charge in [0.05, 0.1) is 0 Å². The molecule has 2 N–H and O–H groups in total. The molecule has 4 fully saturated rings. The Kier molecular flexibility index (Phi) is 4.05. The lowest BCUT2D eigenvalue weighted by atomic mass is 9.49. The quantitative estimate of drug-likeness (QED) is 0.831. The van der Waals surface area contributed by atoms with E-state index in [9.17, 15) is 9.59 Å². The maximum absolute atomic E-state index is 12.9. The minimum absolute atomic E-state index is 0.121. The van der Waals surface area contributed by atoms with Crippen molar-refractivity contribution in [3.8, 4) is 0 Å². The highest BCUT2D eigenvalue weighted by Gasteiger charge is 2.58. The van der Waals surface area contributed by atoms with Crippen LogP contribution in [0, 0.1) is 25.7 Å². The van der Waals surface area contributed by atoms with Crippen LogP contribution in [0.5, 0.6) is 0 Å². The second kappa shape index (κ2) is 6.40. The van der Waals surface area contributed by atoms with Crippen molar-refractivity contribution in [1.82, 2.24) is 20.6 Å². The second-order valence-corrected chi connectivity index (χ2v) is 9.35. The maximum Gasteiger partial charge on any atom is 0.273 e. The van der Waals surface area contributed by atoms with Crippen molar-refractivity contribution >= 4 is 11.8 Å². The number of amides is 2. The number of aryl methyl sites for hydroxylation is 2. The molecule has 152 valence electrons. The van der Waals surface area contributed by atoms with Gasteiger partial charge in [-0.2, -0.15) is 0 Å². The Bertz CT molecular complexity index is 968. The van der Waals surface area contributed by atoms with E-state index < -0.39 is 0 Å². The molecule has 2 aromatic rings. The minimum atomic E-state index is -0.290. The second-order valence-electron chi connectivity index (χ2n) is 9.35. The standard InChI is InChI=1S/C22H26N4O3/c1-13-4-3-5-17(23-13)19(27)25-21-7-15-6-16(8-21)10-22(9-15,12-21)26-20(28)18-11-29-14(2)24-18/h3-5,11,15-16H,6-10,12H2,1-2H3,(H,25,27)(H,26,28). The van der Waals surface area contributed by atoms with Crippen molar-refractivity contribution in [3.63, 3.8) is 0 Å². The Hall–Kier alpha value is -2.70. The van der Waals surface area contributed by atoms with Crippen molar-refractivity contribution in [2.75, 3.05) is 0 Å². The lowest BCUT2D eigenvalue weighted by molar-refractivity contribution is -0.0449. The molecule has 4 aliphatic carbocycles. The molecule has 7 heteroatoms. The number of nitrogens with zero attached hydrogens (tertiary/aromatic N) is 2. The van der Waals surface area contributed by atoms with Crippen LogP contribution in [0.25, 0.3) is 0 Å². The van der Waals surface area contributed by atoms with Gasteiger partial charge in [-0.1, -0.05) is 6.07 Å². The molecule has 4 saturated carbocycles. The normalized spacial score (nSPS) is 32.2. The number of rotatable bonds is 4. The Labute approximate surface area is 169 Å². The molecule has 0 spiro atoms. The fourth-order valence-electron chi connectivity index (χ4n) is 6.30. The molecule has 0 aromatic carbocycles. The lowest BCUT2D eigenvalue weighted by Gasteiger charge is -2.62. The van der Waals surface area contributed by atoms with Gasteiger partial charge in [0.25, 0.3) is 11.8 Å². The van der Waals surface area contributed by atoms with Gasteiger partial charge >= 0.3 is 0 Å². The summed E-state index contributed by atoms with van der Waals surface area (Å²) in [5, 5.41) is 6.60. The van der Waals surface area contributed by atoms with Crippen LogP contribution in [0.2, 0.25) is 0 Å². The number of nitrogens with one attached hydrogen (secondary N) is 2. The van der Waals surface area contributed by atoms with Crippen molar-refractivity contribution < 1.29 is 14.0 Å². The summed E-state index contributed by atoms with van der Waals surface area (Å²) in [7, 11) is 0. The first-order valence-electron chi connectivity index (χ1n) is 10.3. The van der Waals surface area contributed by atoms with E-state index in [1.165, 1.54) is 12.7 Å². The number of pyridine rings is 1. The van der Waals surface area contributed by atoms with Gasteiger partial charge in [-0.25, -0.2) is 9.97 Å². The molecule has 4 bridgehead atoms. The Morgan fingerprint density at radius 3 is 2.14 bits per heavy atom. The summed E-state index contributed by atoms with van der Waals surface area (Å²) in [6, 6.07) is 5.50. The van der Waals surface area contributed by atoms with Crippen molar-refractivity contribution in [1.29, 1.82) is 0 Å². The van der Waals surface area contributed by atoms with Gasteiger partial charge in [0.2, 0.25) is 0 Å². The van der Waals surface area contributed by atoms with Gasteiger partial charge in [-0.05, 0) is 69.4 Å². The highest BCUT2D eigenvalue weighted by molar-refractivity contribution is 5.93. The number of oxazole rings is 1.